The van der Waals surface area contributed by atoms with E-state index in [1.165, 1.54) is 12.3 Å². The number of nitrogens with zero attached hydrogens (tertiary/aromatic N) is 2. The Morgan fingerprint density at radius 2 is 2.13 bits per heavy atom. The molecule has 0 bridgehead atoms. The van der Waals surface area contributed by atoms with Crippen LogP contribution < -0.4 is 10.1 Å². The topological polar surface area (TPSA) is 92.1 Å². The van der Waals surface area contributed by atoms with Crippen molar-refractivity contribution < 1.29 is 14.3 Å². The molecule has 0 spiro atoms. The molecule has 1 N–H and O–H groups in total. The van der Waals surface area contributed by atoms with E-state index in [2.05, 4.69) is 10.3 Å². The van der Waals surface area contributed by atoms with Crippen molar-refractivity contribution in [3.8, 4) is 11.8 Å². The highest BCUT2D eigenvalue weighted by atomic mass is 16.5. The second-order valence-electron chi connectivity index (χ2n) is 4.59. The monoisotopic (exact) mass is 309 g/mol. The first-order valence-electron chi connectivity index (χ1n) is 7.04. The third kappa shape index (κ3) is 4.14. The number of carbonyl (C=O) groups excluding carboxylic acids is 2. The number of hydrogen-bond acceptors (Lipinski definition) is 5. The summed E-state index contributed by atoms with van der Waals surface area (Å²) in [6.45, 7) is 2.28. The molecular weight excluding hydrogens is 294 g/mol. The Bertz CT molecular complexity index is 738. The highest BCUT2D eigenvalue weighted by Gasteiger charge is 2.28. The molecule has 0 aliphatic heterocycles. The van der Waals surface area contributed by atoms with Gasteiger partial charge in [0.15, 0.2) is 11.7 Å². The normalized spacial score (nSPS) is 11.1. The summed E-state index contributed by atoms with van der Waals surface area (Å²) >= 11 is 0. The maximum Gasteiger partial charge on any atom is 0.250 e. The van der Waals surface area contributed by atoms with Crippen molar-refractivity contribution in [1.29, 1.82) is 5.26 Å². The number of ether oxygens (including phenoxy) is 1. The number of amides is 1. The molecule has 0 aliphatic rings. The molecule has 1 atom stereocenters. The number of rotatable bonds is 6. The Kier molecular flexibility index (Phi) is 5.42. The van der Waals surface area contributed by atoms with Gasteiger partial charge in [-0.15, -0.1) is 0 Å². The standard InChI is InChI=1S/C17H15N3O3/c1-2-23-13-7-5-6-12(10-13)16(21)14(11-18)17(22)20-15-8-3-4-9-19-15/h3-10,14H,2H2,1H3,(H,19,20,22). The predicted molar refractivity (Wildman–Crippen MR) is 83.9 cm³/mol. The van der Waals surface area contributed by atoms with Crippen molar-refractivity contribution in [3.05, 3.63) is 54.2 Å². The van der Waals surface area contributed by atoms with E-state index in [-0.39, 0.29) is 11.4 Å². The summed E-state index contributed by atoms with van der Waals surface area (Å²) < 4.78 is 5.32. The van der Waals surface area contributed by atoms with Crippen LogP contribution in [0.25, 0.3) is 0 Å². The first-order chi connectivity index (χ1) is 11.2. The van der Waals surface area contributed by atoms with E-state index in [0.29, 0.717) is 12.4 Å². The summed E-state index contributed by atoms with van der Waals surface area (Å²) in [5.74, 6) is -1.94. The van der Waals surface area contributed by atoms with Crippen LogP contribution in [0.2, 0.25) is 0 Å². The summed E-state index contributed by atoms with van der Waals surface area (Å²) in [7, 11) is 0. The summed E-state index contributed by atoms with van der Waals surface area (Å²) in [6, 6.07) is 13.1. The minimum atomic E-state index is -1.45. The average molecular weight is 309 g/mol. The van der Waals surface area contributed by atoms with Crippen LogP contribution in [0.4, 0.5) is 5.82 Å². The molecule has 1 amide bonds. The zero-order chi connectivity index (χ0) is 16.7. The summed E-state index contributed by atoms with van der Waals surface area (Å²) in [5, 5.41) is 11.7. The molecule has 0 saturated carbocycles. The second kappa shape index (κ2) is 7.71. The average Bonchev–Trinajstić information content (AvgIpc) is 2.57. The Labute approximate surface area is 133 Å². The van der Waals surface area contributed by atoms with Gasteiger partial charge in [0.2, 0.25) is 0 Å². The molecule has 6 heteroatoms. The van der Waals surface area contributed by atoms with Gasteiger partial charge in [-0.1, -0.05) is 18.2 Å². The van der Waals surface area contributed by atoms with E-state index in [0.717, 1.165) is 0 Å². The fraction of sp³-hybridized carbons (Fsp3) is 0.176. The van der Waals surface area contributed by atoms with Crippen LogP contribution >= 0.6 is 0 Å². The van der Waals surface area contributed by atoms with Crippen LogP contribution in [0.1, 0.15) is 17.3 Å². The first-order valence-corrected chi connectivity index (χ1v) is 7.04. The highest BCUT2D eigenvalue weighted by molar-refractivity contribution is 6.15. The number of aromatic nitrogens is 1. The van der Waals surface area contributed by atoms with Crippen LogP contribution in [0.5, 0.6) is 5.75 Å². The summed E-state index contributed by atoms with van der Waals surface area (Å²) in [4.78, 5) is 28.5. The molecule has 0 radical (unpaired) electrons. The summed E-state index contributed by atoms with van der Waals surface area (Å²) in [5.41, 5.74) is 0.249. The van der Waals surface area contributed by atoms with Crippen molar-refractivity contribution in [3.63, 3.8) is 0 Å². The smallest absolute Gasteiger partial charge is 0.250 e. The van der Waals surface area contributed by atoms with Crippen LogP contribution in [0, 0.1) is 17.2 Å². The van der Waals surface area contributed by atoms with Gasteiger partial charge in [-0.05, 0) is 31.2 Å². The molecule has 0 saturated heterocycles. The molecule has 1 unspecified atom stereocenters. The molecule has 23 heavy (non-hydrogen) atoms. The lowest BCUT2D eigenvalue weighted by molar-refractivity contribution is -0.117. The Hall–Kier alpha value is -3.20. The Balaban J connectivity index is 2.16. The van der Waals surface area contributed by atoms with Crippen LogP contribution in [-0.2, 0) is 4.79 Å². The number of ketones is 1. The predicted octanol–water partition coefficient (Wildman–Crippen LogP) is 2.44. The maximum atomic E-state index is 12.4. The third-order valence-electron chi connectivity index (χ3n) is 3.00. The number of anilines is 1. The maximum absolute atomic E-state index is 12.4. The van der Waals surface area contributed by atoms with Gasteiger partial charge >= 0.3 is 0 Å². The Morgan fingerprint density at radius 3 is 2.78 bits per heavy atom. The number of hydrogen-bond donors (Lipinski definition) is 1. The lowest BCUT2D eigenvalue weighted by Gasteiger charge is -2.10. The number of nitriles is 1. The van der Waals surface area contributed by atoms with Crippen molar-refractivity contribution in [2.24, 2.45) is 5.92 Å². The fourth-order valence-corrected chi connectivity index (χ4v) is 1.94. The van der Waals surface area contributed by atoms with Gasteiger partial charge in [-0.3, -0.25) is 9.59 Å². The molecule has 1 aromatic heterocycles. The minimum absolute atomic E-state index is 0.249. The van der Waals surface area contributed by atoms with E-state index in [4.69, 9.17) is 4.74 Å². The number of benzene rings is 1. The largest absolute Gasteiger partial charge is 0.494 e. The fourth-order valence-electron chi connectivity index (χ4n) is 1.94. The van der Waals surface area contributed by atoms with E-state index < -0.39 is 17.6 Å². The van der Waals surface area contributed by atoms with Gasteiger partial charge in [-0.2, -0.15) is 5.26 Å². The van der Waals surface area contributed by atoms with Crippen LogP contribution in [-0.4, -0.2) is 23.3 Å². The quantitative estimate of drug-likeness (QED) is 0.653. The Morgan fingerprint density at radius 1 is 1.30 bits per heavy atom. The van der Waals surface area contributed by atoms with Gasteiger partial charge < -0.3 is 10.1 Å². The zero-order valence-corrected chi connectivity index (χ0v) is 12.5. The molecule has 1 heterocycles. The molecular formula is C17H15N3O3. The van der Waals surface area contributed by atoms with Gasteiger partial charge in [0, 0.05) is 11.8 Å². The van der Waals surface area contributed by atoms with Gasteiger partial charge in [-0.25, -0.2) is 4.98 Å². The zero-order valence-electron chi connectivity index (χ0n) is 12.5. The lowest BCUT2D eigenvalue weighted by atomic mass is 9.98. The van der Waals surface area contributed by atoms with Crippen molar-refractivity contribution in [1.82, 2.24) is 4.98 Å². The lowest BCUT2D eigenvalue weighted by Crippen LogP contribution is -2.29. The van der Waals surface area contributed by atoms with Crippen molar-refractivity contribution in [2.45, 2.75) is 6.92 Å². The van der Waals surface area contributed by atoms with Crippen molar-refractivity contribution in [2.75, 3.05) is 11.9 Å². The third-order valence-corrected chi connectivity index (χ3v) is 3.00. The van der Waals surface area contributed by atoms with E-state index in [1.54, 1.807) is 42.5 Å². The van der Waals surface area contributed by atoms with E-state index in [9.17, 15) is 14.9 Å². The SMILES string of the molecule is CCOc1cccc(C(=O)C(C#N)C(=O)Nc2ccccn2)c1. The molecule has 0 fully saturated rings. The number of pyridine rings is 1. The minimum Gasteiger partial charge on any atom is -0.494 e. The number of nitrogens with one attached hydrogen (secondary N) is 1. The number of Topliss-reactive ketones (excluding diaryl/α,β-unsaturated/α-hetero) is 1. The van der Waals surface area contributed by atoms with Gasteiger partial charge in [0.1, 0.15) is 11.6 Å². The molecule has 6 nitrogen and oxygen atoms in total. The molecule has 0 aliphatic carbocycles. The molecule has 2 aromatic rings. The van der Waals surface area contributed by atoms with Gasteiger partial charge in [0.05, 0.1) is 12.7 Å². The molecule has 1 aromatic carbocycles. The van der Waals surface area contributed by atoms with Crippen LogP contribution in [0.3, 0.4) is 0 Å². The number of carbonyl (C=O) groups is 2. The first kappa shape index (κ1) is 16.2. The van der Waals surface area contributed by atoms with E-state index in [1.807, 2.05) is 6.92 Å². The van der Waals surface area contributed by atoms with Gasteiger partial charge in [0.25, 0.3) is 5.91 Å². The highest BCUT2D eigenvalue weighted by Crippen LogP contribution is 2.17. The summed E-state index contributed by atoms with van der Waals surface area (Å²) in [6.07, 6.45) is 1.50. The van der Waals surface area contributed by atoms with Crippen LogP contribution in [0.15, 0.2) is 48.7 Å². The van der Waals surface area contributed by atoms with Crippen molar-refractivity contribution >= 4 is 17.5 Å². The molecule has 2 rings (SSSR count). The van der Waals surface area contributed by atoms with E-state index >= 15 is 0 Å². The molecule has 116 valence electrons. The second-order valence-corrected chi connectivity index (χ2v) is 4.59.